The first-order chi connectivity index (χ1) is 13.3. The number of carbonyl (C=O) groups excluding carboxylic acids is 1. The lowest BCUT2D eigenvalue weighted by atomic mass is 10.1. The topological polar surface area (TPSA) is 79.5 Å². The molecule has 1 heterocycles. The molecule has 0 aliphatic rings. The second-order valence-electron chi connectivity index (χ2n) is 5.97. The Bertz CT molecular complexity index is 1100. The third kappa shape index (κ3) is 4.71. The molecular formula is C21H15BrClNO4. The van der Waals surface area contributed by atoms with E-state index >= 15 is 0 Å². The van der Waals surface area contributed by atoms with Gasteiger partial charge in [0.1, 0.15) is 17.1 Å². The summed E-state index contributed by atoms with van der Waals surface area (Å²) in [6, 6.07) is 15.5. The number of nitrogens with one attached hydrogen (secondary N) is 1. The molecule has 2 aromatic carbocycles. The molecule has 0 atom stereocenters. The average Bonchev–Trinajstić information content (AvgIpc) is 2.63. The van der Waals surface area contributed by atoms with Gasteiger partial charge in [0.2, 0.25) is 0 Å². The standard InChI is InChI=1S/C21H15BrClNO4/c1-12-10-18(25)20(21(27)28-12)19(26)11-17(13-2-6-15(23)7-3-13)24-16-8-4-14(22)5-9-16/h2-11,24-25H,1H3/b17-11-. The summed E-state index contributed by atoms with van der Waals surface area (Å²) < 4.78 is 5.85. The van der Waals surface area contributed by atoms with Gasteiger partial charge in [-0.1, -0.05) is 39.7 Å². The molecule has 0 saturated carbocycles. The summed E-state index contributed by atoms with van der Waals surface area (Å²) in [6.07, 6.45) is 1.24. The summed E-state index contributed by atoms with van der Waals surface area (Å²) in [5, 5.41) is 13.7. The van der Waals surface area contributed by atoms with Crippen molar-refractivity contribution < 1.29 is 14.3 Å². The number of hydrogen-bond donors (Lipinski definition) is 2. The number of hydrogen-bond acceptors (Lipinski definition) is 5. The van der Waals surface area contributed by atoms with Crippen LogP contribution in [0.1, 0.15) is 21.7 Å². The van der Waals surface area contributed by atoms with Gasteiger partial charge in [0.05, 0.1) is 0 Å². The van der Waals surface area contributed by atoms with Gasteiger partial charge >= 0.3 is 5.63 Å². The van der Waals surface area contributed by atoms with Crippen molar-refractivity contribution in [3.05, 3.63) is 97.5 Å². The zero-order chi connectivity index (χ0) is 20.3. The van der Waals surface area contributed by atoms with Crippen LogP contribution in [0.15, 0.2) is 74.4 Å². The highest BCUT2D eigenvalue weighted by molar-refractivity contribution is 9.10. The second kappa shape index (κ2) is 8.46. The van der Waals surface area contributed by atoms with Crippen molar-refractivity contribution in [2.24, 2.45) is 0 Å². The van der Waals surface area contributed by atoms with Crippen LogP contribution in [-0.2, 0) is 0 Å². The van der Waals surface area contributed by atoms with E-state index in [0.29, 0.717) is 16.3 Å². The summed E-state index contributed by atoms with van der Waals surface area (Å²) in [5.74, 6) is -0.885. The highest BCUT2D eigenvalue weighted by atomic mass is 79.9. The lowest BCUT2D eigenvalue weighted by molar-refractivity contribution is 0.104. The Balaban J connectivity index is 2.05. The predicted octanol–water partition coefficient (Wildman–Crippen LogP) is 5.41. The highest BCUT2D eigenvalue weighted by Crippen LogP contribution is 2.24. The van der Waals surface area contributed by atoms with Crippen LogP contribution in [0.3, 0.4) is 0 Å². The predicted molar refractivity (Wildman–Crippen MR) is 113 cm³/mol. The number of ketones is 1. The Morgan fingerprint density at radius 1 is 1.14 bits per heavy atom. The number of aromatic hydroxyl groups is 1. The van der Waals surface area contributed by atoms with Crippen LogP contribution in [-0.4, -0.2) is 10.9 Å². The van der Waals surface area contributed by atoms with Crippen molar-refractivity contribution in [3.63, 3.8) is 0 Å². The monoisotopic (exact) mass is 459 g/mol. The van der Waals surface area contributed by atoms with Crippen LogP contribution in [0.5, 0.6) is 5.75 Å². The second-order valence-corrected chi connectivity index (χ2v) is 7.32. The maximum atomic E-state index is 12.7. The van der Waals surface area contributed by atoms with E-state index in [9.17, 15) is 14.7 Å². The van der Waals surface area contributed by atoms with Crippen molar-refractivity contribution in [2.45, 2.75) is 6.92 Å². The highest BCUT2D eigenvalue weighted by Gasteiger charge is 2.18. The number of allylic oxidation sites excluding steroid dienone is 1. The lowest BCUT2D eigenvalue weighted by Gasteiger charge is -2.12. The molecule has 0 radical (unpaired) electrons. The van der Waals surface area contributed by atoms with Crippen LogP contribution in [0.25, 0.3) is 5.70 Å². The summed E-state index contributed by atoms with van der Waals surface area (Å²) in [6.45, 7) is 1.51. The Hall–Kier alpha value is -2.83. The maximum absolute atomic E-state index is 12.7. The number of aryl methyl sites for hydroxylation is 1. The van der Waals surface area contributed by atoms with Crippen LogP contribution in [0.4, 0.5) is 5.69 Å². The smallest absolute Gasteiger partial charge is 0.351 e. The molecule has 0 fully saturated rings. The van der Waals surface area contributed by atoms with Crippen molar-refractivity contribution in [2.75, 3.05) is 5.32 Å². The molecule has 0 saturated heterocycles. The van der Waals surface area contributed by atoms with E-state index in [2.05, 4.69) is 21.2 Å². The molecule has 1 aromatic heterocycles. The van der Waals surface area contributed by atoms with E-state index in [-0.39, 0.29) is 5.76 Å². The summed E-state index contributed by atoms with van der Waals surface area (Å²) in [5.41, 5.74) is 0.532. The third-order valence-electron chi connectivity index (χ3n) is 3.85. The van der Waals surface area contributed by atoms with Crippen LogP contribution in [0, 0.1) is 6.92 Å². The Labute approximate surface area is 174 Å². The molecular weight excluding hydrogens is 446 g/mol. The first kappa shape index (κ1) is 19.9. The Kier molecular flexibility index (Phi) is 6.02. The number of anilines is 1. The van der Waals surface area contributed by atoms with Crippen molar-refractivity contribution >= 4 is 44.7 Å². The van der Waals surface area contributed by atoms with Crippen LogP contribution < -0.4 is 10.9 Å². The zero-order valence-electron chi connectivity index (χ0n) is 14.7. The summed E-state index contributed by atoms with van der Waals surface area (Å²) >= 11 is 9.33. The fourth-order valence-corrected chi connectivity index (χ4v) is 2.93. The molecule has 7 heteroatoms. The Morgan fingerprint density at radius 3 is 2.39 bits per heavy atom. The molecule has 0 spiro atoms. The number of carbonyl (C=O) groups is 1. The van der Waals surface area contributed by atoms with Crippen molar-refractivity contribution in [1.82, 2.24) is 0 Å². The van der Waals surface area contributed by atoms with Gasteiger partial charge in [-0.15, -0.1) is 0 Å². The van der Waals surface area contributed by atoms with E-state index in [1.807, 2.05) is 24.3 Å². The molecule has 3 aromatic rings. The quantitative estimate of drug-likeness (QED) is 0.393. The van der Waals surface area contributed by atoms with Gasteiger partial charge in [-0.05, 0) is 48.9 Å². The normalized spacial score (nSPS) is 11.3. The van der Waals surface area contributed by atoms with Crippen LogP contribution >= 0.6 is 27.5 Å². The molecule has 0 aliphatic heterocycles. The Morgan fingerprint density at radius 2 is 1.79 bits per heavy atom. The fourth-order valence-electron chi connectivity index (χ4n) is 2.54. The number of rotatable bonds is 5. The molecule has 3 rings (SSSR count). The first-order valence-corrected chi connectivity index (χ1v) is 9.39. The number of benzene rings is 2. The SMILES string of the molecule is Cc1cc(O)c(C(=O)/C=C(\Nc2ccc(Br)cc2)c2ccc(Cl)cc2)c(=O)o1. The molecule has 2 N–H and O–H groups in total. The fraction of sp³-hybridized carbons (Fsp3) is 0.0476. The summed E-state index contributed by atoms with van der Waals surface area (Å²) in [7, 11) is 0. The zero-order valence-corrected chi connectivity index (χ0v) is 17.0. The molecule has 28 heavy (non-hydrogen) atoms. The van der Waals surface area contributed by atoms with Gasteiger partial charge in [0.15, 0.2) is 5.78 Å². The van der Waals surface area contributed by atoms with Gasteiger partial charge in [-0.3, -0.25) is 4.79 Å². The average molecular weight is 461 g/mol. The van der Waals surface area contributed by atoms with Gasteiger partial charge in [0, 0.05) is 33.0 Å². The summed E-state index contributed by atoms with van der Waals surface area (Å²) in [4.78, 5) is 24.8. The number of halogens is 2. The molecule has 142 valence electrons. The van der Waals surface area contributed by atoms with Gasteiger partial charge in [-0.25, -0.2) is 4.79 Å². The minimum absolute atomic E-state index is 0.217. The minimum atomic E-state index is -0.891. The van der Waals surface area contributed by atoms with E-state index in [1.165, 1.54) is 19.1 Å². The molecule has 0 aliphatic carbocycles. The van der Waals surface area contributed by atoms with Gasteiger partial charge < -0.3 is 14.8 Å². The van der Waals surface area contributed by atoms with Crippen molar-refractivity contribution in [3.8, 4) is 5.75 Å². The van der Waals surface area contributed by atoms with Gasteiger partial charge in [0.25, 0.3) is 0 Å². The van der Waals surface area contributed by atoms with Crippen molar-refractivity contribution in [1.29, 1.82) is 0 Å². The maximum Gasteiger partial charge on any atom is 0.351 e. The lowest BCUT2D eigenvalue weighted by Crippen LogP contribution is -2.14. The molecule has 0 unspecified atom stereocenters. The molecule has 0 bridgehead atoms. The van der Waals surface area contributed by atoms with E-state index in [4.69, 9.17) is 16.0 Å². The first-order valence-electron chi connectivity index (χ1n) is 8.22. The third-order valence-corrected chi connectivity index (χ3v) is 4.63. The molecule has 0 amide bonds. The van der Waals surface area contributed by atoms with E-state index in [0.717, 1.165) is 10.2 Å². The largest absolute Gasteiger partial charge is 0.507 e. The van der Waals surface area contributed by atoms with Gasteiger partial charge in [-0.2, -0.15) is 0 Å². The molecule has 5 nitrogen and oxygen atoms in total. The van der Waals surface area contributed by atoms with E-state index < -0.39 is 22.7 Å². The minimum Gasteiger partial charge on any atom is -0.507 e. The van der Waals surface area contributed by atoms with E-state index in [1.54, 1.807) is 24.3 Å². The van der Waals surface area contributed by atoms with Crippen LogP contribution in [0.2, 0.25) is 5.02 Å².